The van der Waals surface area contributed by atoms with Gasteiger partial charge in [0, 0.05) is 30.3 Å². The van der Waals surface area contributed by atoms with Crippen molar-refractivity contribution in [3.05, 3.63) is 30.5 Å². The lowest BCUT2D eigenvalue weighted by Gasteiger charge is -2.12. The van der Waals surface area contributed by atoms with Gasteiger partial charge < -0.3 is 14.0 Å². The van der Waals surface area contributed by atoms with E-state index in [1.165, 1.54) is 23.7 Å². The highest BCUT2D eigenvalue weighted by molar-refractivity contribution is 5.81. The highest BCUT2D eigenvalue weighted by atomic mass is 16.5. The molecule has 2 heterocycles. The third-order valence-corrected chi connectivity index (χ3v) is 3.48. The Balaban J connectivity index is 1.84. The van der Waals surface area contributed by atoms with E-state index in [1.54, 1.807) is 0 Å². The summed E-state index contributed by atoms with van der Waals surface area (Å²) in [5, 5.41) is 1.24. The Labute approximate surface area is 107 Å². The summed E-state index contributed by atoms with van der Waals surface area (Å²) >= 11 is 0. The van der Waals surface area contributed by atoms with Crippen LogP contribution in [-0.2, 0) is 11.3 Å². The van der Waals surface area contributed by atoms with Gasteiger partial charge in [-0.25, -0.2) is 0 Å². The lowest BCUT2D eigenvalue weighted by molar-refractivity contribution is 0.0980. The van der Waals surface area contributed by atoms with Crippen LogP contribution >= 0.6 is 0 Å². The topological polar surface area (TPSA) is 23.4 Å². The molecule has 0 N–H and O–H groups in total. The molecular weight excluding hydrogens is 226 g/mol. The molecular formula is C15H19NO2. The lowest BCUT2D eigenvalue weighted by atomic mass is 10.2. The molecule has 1 aromatic carbocycles. The summed E-state index contributed by atoms with van der Waals surface area (Å²) in [5.41, 5.74) is 1.26. The van der Waals surface area contributed by atoms with Gasteiger partial charge in [0.05, 0.1) is 12.7 Å². The molecule has 1 aliphatic heterocycles. The average Bonchev–Trinajstić information content (AvgIpc) is 3.00. The van der Waals surface area contributed by atoms with Gasteiger partial charge in [0.15, 0.2) is 0 Å². The third kappa shape index (κ3) is 2.23. The molecule has 3 nitrogen and oxygen atoms in total. The third-order valence-electron chi connectivity index (χ3n) is 3.48. The van der Waals surface area contributed by atoms with E-state index in [-0.39, 0.29) is 0 Å². The van der Waals surface area contributed by atoms with Crippen molar-refractivity contribution in [1.29, 1.82) is 0 Å². The van der Waals surface area contributed by atoms with E-state index >= 15 is 0 Å². The molecule has 0 spiro atoms. The van der Waals surface area contributed by atoms with Gasteiger partial charge in [0.2, 0.25) is 0 Å². The Morgan fingerprint density at radius 2 is 2.33 bits per heavy atom. The van der Waals surface area contributed by atoms with E-state index in [9.17, 15) is 0 Å². The number of benzene rings is 1. The maximum absolute atomic E-state index is 5.69. The van der Waals surface area contributed by atoms with Crippen LogP contribution in [0.15, 0.2) is 30.5 Å². The molecule has 0 bridgehead atoms. The molecule has 1 aliphatic rings. The molecule has 0 saturated carbocycles. The van der Waals surface area contributed by atoms with Crippen LogP contribution in [0.2, 0.25) is 0 Å². The molecule has 1 saturated heterocycles. The van der Waals surface area contributed by atoms with E-state index in [4.69, 9.17) is 9.47 Å². The summed E-state index contributed by atoms with van der Waals surface area (Å²) in [6.45, 7) is 4.59. The van der Waals surface area contributed by atoms with E-state index in [0.717, 1.165) is 18.9 Å². The van der Waals surface area contributed by atoms with Crippen molar-refractivity contribution in [3.8, 4) is 5.75 Å². The van der Waals surface area contributed by atoms with Gasteiger partial charge in [0.25, 0.3) is 0 Å². The van der Waals surface area contributed by atoms with Crippen molar-refractivity contribution in [2.45, 2.75) is 32.4 Å². The molecule has 3 rings (SSSR count). The van der Waals surface area contributed by atoms with Crippen molar-refractivity contribution in [3.63, 3.8) is 0 Å². The van der Waals surface area contributed by atoms with Crippen LogP contribution in [0.3, 0.4) is 0 Å². The predicted octanol–water partition coefficient (Wildman–Crippen LogP) is 3.22. The Bertz CT molecular complexity index is 526. The Hall–Kier alpha value is -1.48. The molecule has 0 amide bonds. The summed E-state index contributed by atoms with van der Waals surface area (Å²) in [4.78, 5) is 0. The summed E-state index contributed by atoms with van der Waals surface area (Å²) in [7, 11) is 0. The van der Waals surface area contributed by atoms with Gasteiger partial charge in [0.1, 0.15) is 5.75 Å². The molecule has 2 aromatic rings. The largest absolute Gasteiger partial charge is 0.494 e. The number of ether oxygens (including phenoxy) is 2. The maximum Gasteiger partial charge on any atom is 0.120 e. The van der Waals surface area contributed by atoms with Gasteiger partial charge in [-0.1, -0.05) is 0 Å². The van der Waals surface area contributed by atoms with Gasteiger partial charge in [-0.05, 0) is 44.0 Å². The van der Waals surface area contributed by atoms with Crippen LogP contribution in [0.4, 0.5) is 0 Å². The molecule has 1 atom stereocenters. The zero-order valence-electron chi connectivity index (χ0n) is 10.8. The minimum atomic E-state index is 0.382. The highest BCUT2D eigenvalue weighted by Crippen LogP contribution is 2.24. The second kappa shape index (κ2) is 5.02. The van der Waals surface area contributed by atoms with E-state index in [0.29, 0.717) is 12.7 Å². The number of nitrogens with zero attached hydrogens (tertiary/aromatic N) is 1. The van der Waals surface area contributed by atoms with Gasteiger partial charge >= 0.3 is 0 Å². The highest BCUT2D eigenvalue weighted by Gasteiger charge is 2.16. The molecule has 0 radical (unpaired) electrons. The standard InChI is InChI=1S/C15H19NO2/c1-2-17-13-5-6-15-12(10-13)7-8-16(15)11-14-4-3-9-18-14/h5-8,10,14H,2-4,9,11H2,1H3. The number of hydrogen-bond acceptors (Lipinski definition) is 2. The van der Waals surface area contributed by atoms with E-state index < -0.39 is 0 Å². The minimum absolute atomic E-state index is 0.382. The van der Waals surface area contributed by atoms with Crippen molar-refractivity contribution in [1.82, 2.24) is 4.57 Å². The molecule has 96 valence electrons. The van der Waals surface area contributed by atoms with Crippen molar-refractivity contribution in [2.24, 2.45) is 0 Å². The second-order valence-electron chi connectivity index (χ2n) is 4.76. The number of fused-ring (bicyclic) bond motifs is 1. The Kier molecular flexibility index (Phi) is 3.24. The van der Waals surface area contributed by atoms with Crippen LogP contribution in [0.25, 0.3) is 10.9 Å². The lowest BCUT2D eigenvalue weighted by Crippen LogP contribution is -2.13. The van der Waals surface area contributed by atoms with Gasteiger partial charge in [-0.15, -0.1) is 0 Å². The molecule has 3 heteroatoms. The molecule has 1 fully saturated rings. The van der Waals surface area contributed by atoms with E-state index in [1.807, 2.05) is 13.0 Å². The first-order chi connectivity index (χ1) is 8.86. The fourth-order valence-corrected chi connectivity index (χ4v) is 2.60. The van der Waals surface area contributed by atoms with Gasteiger partial charge in [-0.2, -0.15) is 0 Å². The zero-order valence-corrected chi connectivity index (χ0v) is 10.8. The van der Waals surface area contributed by atoms with Crippen molar-refractivity contribution >= 4 is 10.9 Å². The van der Waals surface area contributed by atoms with Gasteiger partial charge in [-0.3, -0.25) is 0 Å². The van der Waals surface area contributed by atoms with Crippen LogP contribution in [0, 0.1) is 0 Å². The predicted molar refractivity (Wildman–Crippen MR) is 72.1 cm³/mol. The van der Waals surface area contributed by atoms with Crippen molar-refractivity contribution in [2.75, 3.05) is 13.2 Å². The average molecular weight is 245 g/mol. The maximum atomic E-state index is 5.69. The monoisotopic (exact) mass is 245 g/mol. The normalized spacial score (nSPS) is 19.5. The fourth-order valence-electron chi connectivity index (χ4n) is 2.60. The summed E-state index contributed by atoms with van der Waals surface area (Å²) in [5.74, 6) is 0.944. The minimum Gasteiger partial charge on any atom is -0.494 e. The molecule has 1 aromatic heterocycles. The zero-order chi connectivity index (χ0) is 12.4. The smallest absolute Gasteiger partial charge is 0.120 e. The molecule has 1 unspecified atom stereocenters. The molecule has 0 aliphatic carbocycles. The van der Waals surface area contributed by atoms with Crippen LogP contribution in [0.1, 0.15) is 19.8 Å². The first kappa shape index (κ1) is 11.6. The fraction of sp³-hybridized carbons (Fsp3) is 0.467. The van der Waals surface area contributed by atoms with E-state index in [2.05, 4.69) is 29.0 Å². The van der Waals surface area contributed by atoms with Crippen LogP contribution < -0.4 is 4.74 Å². The first-order valence-corrected chi connectivity index (χ1v) is 6.70. The number of rotatable bonds is 4. The number of aromatic nitrogens is 1. The summed E-state index contributed by atoms with van der Waals surface area (Å²) in [6, 6.07) is 8.42. The second-order valence-corrected chi connectivity index (χ2v) is 4.76. The van der Waals surface area contributed by atoms with Crippen LogP contribution in [0.5, 0.6) is 5.75 Å². The number of hydrogen-bond donors (Lipinski definition) is 0. The molecule has 18 heavy (non-hydrogen) atoms. The SMILES string of the molecule is CCOc1ccc2c(ccn2CC2CCCO2)c1. The Morgan fingerprint density at radius 3 is 3.11 bits per heavy atom. The first-order valence-electron chi connectivity index (χ1n) is 6.70. The summed E-state index contributed by atoms with van der Waals surface area (Å²) in [6.07, 6.45) is 4.89. The van der Waals surface area contributed by atoms with Crippen molar-refractivity contribution < 1.29 is 9.47 Å². The van der Waals surface area contributed by atoms with Crippen LogP contribution in [-0.4, -0.2) is 23.9 Å². The summed E-state index contributed by atoms with van der Waals surface area (Å²) < 4.78 is 13.5. The Morgan fingerprint density at radius 1 is 1.39 bits per heavy atom. The quantitative estimate of drug-likeness (QED) is 0.825.